The van der Waals surface area contributed by atoms with E-state index in [0.29, 0.717) is 15.5 Å². The average molecular weight is 293 g/mol. The van der Waals surface area contributed by atoms with Crippen LogP contribution in [-0.2, 0) is 10.8 Å². The molecule has 2 aromatic rings. The number of hydrogen-bond donors (Lipinski definition) is 0. The monoisotopic (exact) mass is 292 g/mol. The zero-order chi connectivity index (χ0) is 13.8. The second kappa shape index (κ2) is 6.13. The van der Waals surface area contributed by atoms with Crippen LogP contribution in [0.4, 0.5) is 0 Å². The molecule has 0 amide bonds. The Kier molecular flexibility index (Phi) is 4.51. The van der Waals surface area contributed by atoms with Gasteiger partial charge in [-0.3, -0.25) is 9.00 Å². The first-order valence-electron chi connectivity index (χ1n) is 5.85. The van der Waals surface area contributed by atoms with Gasteiger partial charge in [-0.15, -0.1) is 0 Å². The summed E-state index contributed by atoms with van der Waals surface area (Å²) in [5.74, 6) is -0.140. The van der Waals surface area contributed by atoms with Crippen LogP contribution in [-0.4, -0.2) is 15.2 Å². The van der Waals surface area contributed by atoms with E-state index >= 15 is 0 Å². The zero-order valence-corrected chi connectivity index (χ0v) is 11.9. The molecule has 2 aromatic carbocycles. The first-order valence-corrected chi connectivity index (χ1v) is 7.44. The van der Waals surface area contributed by atoms with E-state index < -0.39 is 16.0 Å². The van der Waals surface area contributed by atoms with Crippen molar-refractivity contribution in [3.8, 4) is 0 Å². The Bertz CT molecular complexity index is 611. The van der Waals surface area contributed by atoms with Gasteiger partial charge in [0.2, 0.25) is 0 Å². The molecule has 0 saturated carbocycles. The lowest BCUT2D eigenvalue weighted by atomic mass is 10.1. The topological polar surface area (TPSA) is 34.1 Å². The van der Waals surface area contributed by atoms with Gasteiger partial charge < -0.3 is 0 Å². The van der Waals surface area contributed by atoms with Crippen molar-refractivity contribution in [2.75, 3.05) is 0 Å². The second-order valence-corrected chi connectivity index (χ2v) is 6.25. The molecular weight excluding hydrogens is 280 g/mol. The van der Waals surface area contributed by atoms with Crippen LogP contribution in [0.25, 0.3) is 0 Å². The lowest BCUT2D eigenvalue weighted by Crippen LogP contribution is -2.23. The number of carbonyl (C=O) groups excluding carboxylic acids is 1. The predicted octanol–water partition coefficient (Wildman–Crippen LogP) is 3.72. The molecule has 19 heavy (non-hydrogen) atoms. The highest BCUT2D eigenvalue weighted by Gasteiger charge is 2.23. The van der Waals surface area contributed by atoms with Crippen LogP contribution in [0.3, 0.4) is 0 Å². The molecule has 0 bridgehead atoms. The van der Waals surface area contributed by atoms with Crippen LogP contribution in [0, 0.1) is 0 Å². The molecule has 0 heterocycles. The van der Waals surface area contributed by atoms with E-state index in [1.54, 1.807) is 55.5 Å². The van der Waals surface area contributed by atoms with Gasteiger partial charge in [-0.25, -0.2) is 0 Å². The molecule has 0 N–H and O–H groups in total. The van der Waals surface area contributed by atoms with E-state index in [4.69, 9.17) is 11.6 Å². The fourth-order valence-corrected chi connectivity index (χ4v) is 3.28. The van der Waals surface area contributed by atoms with Gasteiger partial charge >= 0.3 is 0 Å². The fraction of sp³-hybridized carbons (Fsp3) is 0.133. The lowest BCUT2D eigenvalue weighted by molar-refractivity contribution is 0.0992. The van der Waals surface area contributed by atoms with Gasteiger partial charge in [0.25, 0.3) is 0 Å². The predicted molar refractivity (Wildman–Crippen MR) is 78.1 cm³/mol. The van der Waals surface area contributed by atoms with Crippen molar-refractivity contribution in [2.24, 2.45) is 0 Å². The number of ketones is 1. The van der Waals surface area contributed by atoms with Gasteiger partial charge in [0, 0.05) is 5.56 Å². The quantitative estimate of drug-likeness (QED) is 0.805. The molecule has 98 valence electrons. The molecule has 0 saturated heterocycles. The summed E-state index contributed by atoms with van der Waals surface area (Å²) in [6.07, 6.45) is 0. The maximum absolute atomic E-state index is 12.4. The molecule has 2 rings (SSSR count). The zero-order valence-electron chi connectivity index (χ0n) is 10.4. The van der Waals surface area contributed by atoms with Crippen LogP contribution < -0.4 is 0 Å². The van der Waals surface area contributed by atoms with Crippen LogP contribution in [0.1, 0.15) is 17.3 Å². The van der Waals surface area contributed by atoms with Crippen LogP contribution >= 0.6 is 11.6 Å². The summed E-state index contributed by atoms with van der Waals surface area (Å²) in [6, 6.07) is 15.8. The molecule has 2 nitrogen and oxygen atoms in total. The summed E-state index contributed by atoms with van der Waals surface area (Å²) in [7, 11) is -1.45. The lowest BCUT2D eigenvalue weighted by Gasteiger charge is -2.11. The third-order valence-corrected chi connectivity index (χ3v) is 4.89. The minimum absolute atomic E-state index is 0.140. The van der Waals surface area contributed by atoms with Gasteiger partial charge in [0.15, 0.2) is 5.78 Å². The SMILES string of the molecule is CC(C(=O)c1ccccc1)S(=O)c1ccccc1Cl. The molecule has 0 aromatic heterocycles. The molecule has 4 heteroatoms. The van der Waals surface area contributed by atoms with E-state index in [1.807, 2.05) is 6.07 Å². The summed E-state index contributed by atoms with van der Waals surface area (Å²) in [4.78, 5) is 12.7. The highest BCUT2D eigenvalue weighted by molar-refractivity contribution is 7.86. The first-order chi connectivity index (χ1) is 9.11. The van der Waals surface area contributed by atoms with Gasteiger partial charge in [-0.05, 0) is 19.1 Å². The van der Waals surface area contributed by atoms with Crippen LogP contribution in [0.5, 0.6) is 0 Å². The number of hydrogen-bond acceptors (Lipinski definition) is 2. The Morgan fingerprint density at radius 2 is 1.63 bits per heavy atom. The van der Waals surface area contributed by atoms with Crippen molar-refractivity contribution in [1.29, 1.82) is 0 Å². The average Bonchev–Trinajstić information content (AvgIpc) is 2.46. The molecule has 2 unspecified atom stereocenters. The van der Waals surface area contributed by atoms with Gasteiger partial charge in [0.05, 0.1) is 26.0 Å². The van der Waals surface area contributed by atoms with Crippen LogP contribution in [0.2, 0.25) is 5.02 Å². The van der Waals surface area contributed by atoms with E-state index in [9.17, 15) is 9.00 Å². The highest BCUT2D eigenvalue weighted by Crippen LogP contribution is 2.22. The Morgan fingerprint density at radius 1 is 1.05 bits per heavy atom. The largest absolute Gasteiger partial charge is 0.293 e. The molecular formula is C15H13ClO2S. The maximum atomic E-state index is 12.4. The summed E-state index contributed by atoms with van der Waals surface area (Å²) in [5.41, 5.74) is 0.565. The van der Waals surface area contributed by atoms with Crippen molar-refractivity contribution >= 4 is 28.2 Å². The smallest absolute Gasteiger partial charge is 0.178 e. The second-order valence-electron chi connectivity index (χ2n) is 4.10. The van der Waals surface area contributed by atoms with Crippen molar-refractivity contribution in [3.63, 3.8) is 0 Å². The normalized spacial score (nSPS) is 13.8. The van der Waals surface area contributed by atoms with Gasteiger partial charge in [-0.2, -0.15) is 0 Å². The van der Waals surface area contributed by atoms with Crippen molar-refractivity contribution in [3.05, 3.63) is 65.2 Å². The Balaban J connectivity index is 2.26. The minimum atomic E-state index is -1.45. The standard InChI is InChI=1S/C15H13ClO2S/c1-11(15(17)12-7-3-2-4-8-12)19(18)14-10-6-5-9-13(14)16/h2-11H,1H3. The number of carbonyl (C=O) groups is 1. The van der Waals surface area contributed by atoms with Crippen molar-refractivity contribution < 1.29 is 9.00 Å². The third kappa shape index (κ3) is 3.11. The number of benzene rings is 2. The molecule has 0 aliphatic carbocycles. The molecule has 0 aliphatic heterocycles. The summed E-state index contributed by atoms with van der Waals surface area (Å²) in [6.45, 7) is 1.66. The Hall–Kier alpha value is -1.45. The van der Waals surface area contributed by atoms with Crippen molar-refractivity contribution in [1.82, 2.24) is 0 Å². The fourth-order valence-electron chi connectivity index (χ4n) is 1.73. The van der Waals surface area contributed by atoms with Gasteiger partial charge in [0.1, 0.15) is 0 Å². The van der Waals surface area contributed by atoms with Crippen molar-refractivity contribution in [2.45, 2.75) is 17.1 Å². The summed E-state index contributed by atoms with van der Waals surface area (Å²) >= 11 is 6.01. The Labute approximate surface area is 119 Å². The first kappa shape index (κ1) is 14.0. The molecule has 0 aliphatic rings. The Morgan fingerprint density at radius 3 is 2.26 bits per heavy atom. The minimum Gasteiger partial charge on any atom is -0.293 e. The van der Waals surface area contributed by atoms with E-state index in [2.05, 4.69) is 0 Å². The maximum Gasteiger partial charge on any atom is 0.178 e. The number of Topliss-reactive ketones (excluding diaryl/α,β-unsaturated/α-hetero) is 1. The number of rotatable bonds is 4. The molecule has 0 fully saturated rings. The highest BCUT2D eigenvalue weighted by atomic mass is 35.5. The molecule has 0 radical (unpaired) electrons. The summed E-state index contributed by atoms with van der Waals surface area (Å²) in [5, 5.41) is -0.198. The third-order valence-electron chi connectivity index (χ3n) is 2.80. The molecule has 0 spiro atoms. The van der Waals surface area contributed by atoms with Gasteiger partial charge in [-0.1, -0.05) is 54.1 Å². The molecule has 2 atom stereocenters. The number of halogens is 1. The van der Waals surface area contributed by atoms with E-state index in [-0.39, 0.29) is 5.78 Å². The summed E-state index contributed by atoms with van der Waals surface area (Å²) < 4.78 is 12.4. The van der Waals surface area contributed by atoms with E-state index in [0.717, 1.165) is 0 Å². The van der Waals surface area contributed by atoms with E-state index in [1.165, 1.54) is 0 Å². The van der Waals surface area contributed by atoms with Crippen LogP contribution in [0.15, 0.2) is 59.5 Å².